The van der Waals surface area contributed by atoms with Crippen LogP contribution in [0, 0.1) is 6.92 Å². The van der Waals surface area contributed by atoms with Gasteiger partial charge in [0.15, 0.2) is 5.65 Å². The molecule has 5 rings (SSSR count). The molecule has 0 aliphatic heterocycles. The van der Waals surface area contributed by atoms with E-state index < -0.39 is 0 Å². The van der Waals surface area contributed by atoms with Crippen LogP contribution in [-0.2, 0) is 33.6 Å². The molecular weight excluding hydrogens is 509 g/mol. The zero-order valence-corrected chi connectivity index (χ0v) is 23.3. The van der Waals surface area contributed by atoms with Gasteiger partial charge in [0.1, 0.15) is 0 Å². The Bertz CT molecular complexity index is 1370. The summed E-state index contributed by atoms with van der Waals surface area (Å²) >= 11 is 12.6. The van der Waals surface area contributed by atoms with Gasteiger partial charge in [-0.1, -0.05) is 41.1 Å². The lowest BCUT2D eigenvalue weighted by Gasteiger charge is -2.25. The Balaban J connectivity index is 1.49. The lowest BCUT2D eigenvalue weighted by Crippen LogP contribution is -2.31. The molecule has 9 nitrogen and oxygen atoms in total. The molecule has 0 radical (unpaired) electrons. The lowest BCUT2D eigenvalue weighted by molar-refractivity contribution is 0.247. The van der Waals surface area contributed by atoms with Gasteiger partial charge < -0.3 is 9.80 Å². The van der Waals surface area contributed by atoms with E-state index in [2.05, 4.69) is 43.4 Å². The summed E-state index contributed by atoms with van der Waals surface area (Å²) in [7, 11) is 5.96. The average Bonchev–Trinajstić information content (AvgIpc) is 3.58. The molecule has 4 aromatic rings. The van der Waals surface area contributed by atoms with Crippen LogP contribution in [0.1, 0.15) is 48.2 Å². The highest BCUT2D eigenvalue weighted by molar-refractivity contribution is 6.34. The van der Waals surface area contributed by atoms with Crippen molar-refractivity contribution in [2.75, 3.05) is 18.5 Å². The van der Waals surface area contributed by atoms with E-state index in [0.29, 0.717) is 35.1 Å². The number of aromatic nitrogens is 7. The molecule has 0 amide bonds. The summed E-state index contributed by atoms with van der Waals surface area (Å²) in [6.45, 7) is 4.07. The number of fused-ring (bicyclic) bond motifs is 1. The molecule has 0 spiro atoms. The van der Waals surface area contributed by atoms with Crippen LogP contribution in [0.5, 0.6) is 0 Å². The lowest BCUT2D eigenvalue weighted by atomic mass is 10.1. The number of likely N-dealkylation sites (N-methyl/N-ethyl adjacent to an activating group) is 1. The summed E-state index contributed by atoms with van der Waals surface area (Å²) in [5.74, 6) is 0.538. The molecule has 1 aromatic carbocycles. The number of rotatable bonds is 9. The molecule has 1 aliphatic rings. The number of anilines is 1. The van der Waals surface area contributed by atoms with Crippen LogP contribution in [0.4, 0.5) is 5.95 Å². The van der Waals surface area contributed by atoms with Crippen molar-refractivity contribution in [1.82, 2.24) is 39.9 Å². The van der Waals surface area contributed by atoms with E-state index in [-0.39, 0.29) is 0 Å². The van der Waals surface area contributed by atoms with Crippen molar-refractivity contribution < 1.29 is 0 Å². The van der Waals surface area contributed by atoms with Crippen molar-refractivity contribution in [2.24, 2.45) is 14.1 Å². The minimum absolute atomic E-state index is 0.525. The molecule has 0 saturated heterocycles. The predicted octanol–water partition coefficient (Wildman–Crippen LogP) is 4.73. The molecule has 3 aromatic heterocycles. The minimum atomic E-state index is 0.525. The van der Waals surface area contributed by atoms with Gasteiger partial charge in [-0.05, 0) is 67.4 Å². The summed E-state index contributed by atoms with van der Waals surface area (Å²) in [6, 6.07) is 8.46. The third kappa shape index (κ3) is 5.89. The molecule has 0 N–H and O–H groups in total. The summed E-state index contributed by atoms with van der Waals surface area (Å²) in [5.41, 5.74) is 5.04. The first-order valence-electron chi connectivity index (χ1n) is 12.7. The van der Waals surface area contributed by atoms with E-state index in [1.165, 1.54) is 30.5 Å². The first-order valence-corrected chi connectivity index (χ1v) is 13.5. The molecule has 11 heteroatoms. The molecule has 3 heterocycles. The van der Waals surface area contributed by atoms with E-state index in [1.807, 2.05) is 30.8 Å². The maximum atomic E-state index is 6.30. The average molecular weight is 543 g/mol. The fraction of sp³-hybridized carbons (Fsp3) is 0.500. The predicted molar refractivity (Wildman–Crippen MR) is 147 cm³/mol. The van der Waals surface area contributed by atoms with Crippen molar-refractivity contribution in [3.05, 3.63) is 56.8 Å². The van der Waals surface area contributed by atoms with E-state index in [0.717, 1.165) is 46.5 Å². The van der Waals surface area contributed by atoms with E-state index in [9.17, 15) is 0 Å². The normalized spacial score (nSPS) is 14.4. The Kier molecular flexibility index (Phi) is 7.65. The number of hydrogen-bond donors (Lipinski definition) is 0. The molecule has 196 valence electrons. The monoisotopic (exact) mass is 541 g/mol. The van der Waals surface area contributed by atoms with Crippen LogP contribution in [0.25, 0.3) is 11.0 Å². The zero-order chi connectivity index (χ0) is 26.1. The summed E-state index contributed by atoms with van der Waals surface area (Å²) in [4.78, 5) is 11.2. The maximum Gasteiger partial charge on any atom is 0.266 e. The van der Waals surface area contributed by atoms with Crippen LogP contribution in [0.3, 0.4) is 0 Å². The van der Waals surface area contributed by atoms with Crippen LogP contribution >= 0.6 is 23.2 Å². The number of hydrogen-bond acceptors (Lipinski definition) is 7. The first-order chi connectivity index (χ1) is 17.8. The Morgan fingerprint density at radius 3 is 2.41 bits per heavy atom. The van der Waals surface area contributed by atoms with Gasteiger partial charge in [0.2, 0.25) is 0 Å². The summed E-state index contributed by atoms with van der Waals surface area (Å²) in [6.07, 6.45) is 6.07. The van der Waals surface area contributed by atoms with Crippen molar-refractivity contribution >= 4 is 40.2 Å². The Hall–Kier alpha value is -2.75. The maximum absolute atomic E-state index is 6.30. The van der Waals surface area contributed by atoms with Crippen molar-refractivity contribution in [3.63, 3.8) is 0 Å². The van der Waals surface area contributed by atoms with E-state index in [4.69, 9.17) is 28.2 Å². The second-order valence-corrected chi connectivity index (χ2v) is 10.9. The number of tetrazole rings is 1. The Morgan fingerprint density at radius 1 is 1.00 bits per heavy atom. The molecule has 37 heavy (non-hydrogen) atoms. The largest absolute Gasteiger partial charge is 0.329 e. The summed E-state index contributed by atoms with van der Waals surface area (Å²) < 4.78 is 1.87. The summed E-state index contributed by atoms with van der Waals surface area (Å²) in [5, 5.41) is 19.8. The van der Waals surface area contributed by atoms with Crippen LogP contribution in [-0.4, -0.2) is 59.5 Å². The van der Waals surface area contributed by atoms with Crippen LogP contribution in [0.15, 0.2) is 24.3 Å². The third-order valence-corrected chi connectivity index (χ3v) is 7.69. The third-order valence-electron chi connectivity index (χ3n) is 7.25. The molecule has 0 atom stereocenters. The zero-order valence-electron chi connectivity index (χ0n) is 21.8. The van der Waals surface area contributed by atoms with Gasteiger partial charge in [-0.2, -0.15) is 9.90 Å². The second-order valence-electron chi connectivity index (χ2n) is 10.1. The van der Waals surface area contributed by atoms with Crippen molar-refractivity contribution in [1.29, 1.82) is 0 Å². The number of halogens is 2. The Labute approximate surface area is 227 Å². The fourth-order valence-corrected chi connectivity index (χ4v) is 5.88. The fourth-order valence-electron chi connectivity index (χ4n) is 5.31. The van der Waals surface area contributed by atoms with Gasteiger partial charge in [-0.25, -0.2) is 4.98 Å². The Morgan fingerprint density at radius 2 is 1.73 bits per heavy atom. The van der Waals surface area contributed by atoms with Gasteiger partial charge >= 0.3 is 0 Å². The van der Waals surface area contributed by atoms with Crippen LogP contribution in [0.2, 0.25) is 10.0 Å². The molecule has 1 fully saturated rings. The van der Waals surface area contributed by atoms with Gasteiger partial charge in [0.05, 0.1) is 12.7 Å². The topological polar surface area (TPSA) is 80.8 Å². The second kappa shape index (κ2) is 10.9. The van der Waals surface area contributed by atoms with E-state index in [1.54, 1.807) is 13.1 Å². The minimum Gasteiger partial charge on any atom is -0.329 e. The number of aryl methyl sites for hydroxylation is 3. The van der Waals surface area contributed by atoms with Gasteiger partial charge in [-0.3, -0.25) is 4.68 Å². The standard InChI is InChI=1S/C26H33Cl2N9/c1-17-23-13-19(24(29-25(23)35(3)31-17)9-10-34(2)22-7-5-6-8-22)16-37(26-30-33-36(4)32-26)15-18-11-20(27)14-21(28)12-18/h11-14,22H,5-10,15-16H2,1-4H3. The van der Waals surface area contributed by atoms with Gasteiger partial charge in [0, 0.05) is 60.3 Å². The SMILES string of the molecule is Cc1nn(C)c2nc(CCN(C)C3CCCC3)c(CN(Cc3cc(Cl)cc(Cl)c3)c3nnn(C)n3)cc12. The molecule has 1 aliphatic carbocycles. The molecular formula is C26H33Cl2N9. The van der Waals surface area contributed by atoms with Gasteiger partial charge in [0.25, 0.3) is 5.95 Å². The highest BCUT2D eigenvalue weighted by atomic mass is 35.5. The van der Waals surface area contributed by atoms with Crippen LogP contribution < -0.4 is 4.90 Å². The molecule has 0 unspecified atom stereocenters. The molecule has 0 bridgehead atoms. The number of nitrogens with zero attached hydrogens (tertiary/aromatic N) is 9. The molecule has 1 saturated carbocycles. The highest BCUT2D eigenvalue weighted by Crippen LogP contribution is 2.27. The van der Waals surface area contributed by atoms with Crippen molar-refractivity contribution in [2.45, 2.75) is 58.2 Å². The highest BCUT2D eigenvalue weighted by Gasteiger charge is 2.22. The smallest absolute Gasteiger partial charge is 0.266 e. The van der Waals surface area contributed by atoms with Crippen molar-refractivity contribution in [3.8, 4) is 0 Å². The first kappa shape index (κ1) is 25.9. The van der Waals surface area contributed by atoms with E-state index >= 15 is 0 Å². The number of benzene rings is 1. The number of pyridine rings is 1. The quantitative estimate of drug-likeness (QED) is 0.303. The van der Waals surface area contributed by atoms with Gasteiger partial charge in [-0.15, -0.1) is 5.10 Å².